The van der Waals surface area contributed by atoms with Crippen molar-refractivity contribution in [2.75, 3.05) is 26.7 Å². The molecule has 1 aliphatic heterocycles. The van der Waals surface area contributed by atoms with E-state index in [0.29, 0.717) is 6.04 Å². The van der Waals surface area contributed by atoms with E-state index < -0.39 is 0 Å². The van der Waals surface area contributed by atoms with Crippen LogP contribution in [0, 0.1) is 0 Å². The molecule has 1 aliphatic rings. The number of hydrogen-bond acceptors (Lipinski definition) is 2. The zero-order valence-corrected chi connectivity index (χ0v) is 10.9. The van der Waals surface area contributed by atoms with Crippen molar-refractivity contribution in [3.8, 4) is 0 Å². The molecule has 1 aromatic carbocycles. The molecule has 2 N–H and O–H groups in total. The third kappa shape index (κ3) is 2.42. The lowest BCUT2D eigenvalue weighted by Gasteiger charge is -2.30. The minimum absolute atomic E-state index is 0.636. The maximum Gasteiger partial charge on any atom is 0.0456 e. The number of aromatic amines is 1. The molecule has 3 heteroatoms. The van der Waals surface area contributed by atoms with Gasteiger partial charge in [-0.15, -0.1) is 0 Å². The van der Waals surface area contributed by atoms with Crippen molar-refractivity contribution in [3.63, 3.8) is 0 Å². The summed E-state index contributed by atoms with van der Waals surface area (Å²) in [5.74, 6) is 0. The molecule has 1 atom stereocenters. The van der Waals surface area contributed by atoms with Gasteiger partial charge in [0, 0.05) is 42.8 Å². The standard InChI is InChI=1S/C15H21N3/c1-18-9-8-16-13(11-18)7-6-12-10-17-15-5-3-2-4-14(12)15/h2-5,10,13,16-17H,6-9,11H2,1H3. The maximum atomic E-state index is 3.61. The number of H-pyrrole nitrogens is 1. The van der Waals surface area contributed by atoms with Crippen LogP contribution in [0.25, 0.3) is 10.9 Å². The molecule has 1 fully saturated rings. The highest BCUT2D eigenvalue weighted by atomic mass is 15.2. The number of aryl methyl sites for hydroxylation is 1. The van der Waals surface area contributed by atoms with Gasteiger partial charge in [0.2, 0.25) is 0 Å². The molecule has 2 heterocycles. The lowest BCUT2D eigenvalue weighted by Crippen LogP contribution is -2.49. The molecule has 0 spiro atoms. The second kappa shape index (κ2) is 5.12. The van der Waals surface area contributed by atoms with Gasteiger partial charge in [-0.2, -0.15) is 0 Å². The van der Waals surface area contributed by atoms with Crippen LogP contribution in [-0.4, -0.2) is 42.6 Å². The van der Waals surface area contributed by atoms with E-state index in [4.69, 9.17) is 0 Å². The Morgan fingerprint density at radius 2 is 2.22 bits per heavy atom. The number of nitrogens with zero attached hydrogens (tertiary/aromatic N) is 1. The highest BCUT2D eigenvalue weighted by molar-refractivity contribution is 5.82. The van der Waals surface area contributed by atoms with Gasteiger partial charge in [0.25, 0.3) is 0 Å². The summed E-state index contributed by atoms with van der Waals surface area (Å²) in [6.45, 7) is 3.46. The van der Waals surface area contributed by atoms with Gasteiger partial charge in [-0.3, -0.25) is 0 Å². The number of benzene rings is 1. The van der Waals surface area contributed by atoms with Crippen molar-refractivity contribution in [1.29, 1.82) is 0 Å². The van der Waals surface area contributed by atoms with Gasteiger partial charge in [0.05, 0.1) is 0 Å². The topological polar surface area (TPSA) is 31.1 Å². The van der Waals surface area contributed by atoms with E-state index in [-0.39, 0.29) is 0 Å². The summed E-state index contributed by atoms with van der Waals surface area (Å²) >= 11 is 0. The number of nitrogens with one attached hydrogen (secondary N) is 2. The van der Waals surface area contributed by atoms with E-state index in [9.17, 15) is 0 Å². The zero-order valence-electron chi connectivity index (χ0n) is 10.9. The highest BCUT2D eigenvalue weighted by Crippen LogP contribution is 2.19. The second-order valence-electron chi connectivity index (χ2n) is 5.31. The molecule has 3 nitrogen and oxygen atoms in total. The minimum atomic E-state index is 0.636. The number of hydrogen-bond donors (Lipinski definition) is 2. The van der Waals surface area contributed by atoms with Crippen LogP contribution in [-0.2, 0) is 6.42 Å². The first-order valence-electron chi connectivity index (χ1n) is 6.80. The molecule has 0 saturated carbocycles. The Kier molecular flexibility index (Phi) is 3.35. The van der Waals surface area contributed by atoms with Crippen LogP contribution in [0.4, 0.5) is 0 Å². The van der Waals surface area contributed by atoms with Crippen LogP contribution in [0.15, 0.2) is 30.5 Å². The molecule has 96 valence electrons. The Balaban J connectivity index is 1.66. The van der Waals surface area contributed by atoms with Gasteiger partial charge in [0.1, 0.15) is 0 Å². The molecule has 1 aromatic heterocycles. The molecular weight excluding hydrogens is 222 g/mol. The van der Waals surface area contributed by atoms with Crippen molar-refractivity contribution in [2.45, 2.75) is 18.9 Å². The van der Waals surface area contributed by atoms with Gasteiger partial charge < -0.3 is 15.2 Å². The first-order chi connectivity index (χ1) is 8.83. The quantitative estimate of drug-likeness (QED) is 0.864. The first kappa shape index (κ1) is 11.8. The van der Waals surface area contributed by atoms with Crippen molar-refractivity contribution in [3.05, 3.63) is 36.0 Å². The number of fused-ring (bicyclic) bond motifs is 1. The van der Waals surface area contributed by atoms with Crippen LogP contribution < -0.4 is 5.32 Å². The molecule has 2 aromatic rings. The normalized spacial score (nSPS) is 21.5. The summed E-state index contributed by atoms with van der Waals surface area (Å²) in [4.78, 5) is 5.77. The van der Waals surface area contributed by atoms with Crippen molar-refractivity contribution in [2.24, 2.45) is 0 Å². The molecule has 0 radical (unpaired) electrons. The van der Waals surface area contributed by atoms with Crippen LogP contribution in [0.2, 0.25) is 0 Å². The third-order valence-electron chi connectivity index (χ3n) is 3.90. The monoisotopic (exact) mass is 243 g/mol. The summed E-state index contributed by atoms with van der Waals surface area (Å²) in [6.07, 6.45) is 4.53. The zero-order chi connectivity index (χ0) is 12.4. The average molecular weight is 243 g/mol. The Hall–Kier alpha value is -1.32. The van der Waals surface area contributed by atoms with Crippen LogP contribution in [0.1, 0.15) is 12.0 Å². The summed E-state index contributed by atoms with van der Waals surface area (Å²) in [6, 6.07) is 9.19. The number of likely N-dealkylation sites (N-methyl/N-ethyl adjacent to an activating group) is 1. The van der Waals surface area contributed by atoms with Gasteiger partial charge in [-0.05, 0) is 31.5 Å². The lowest BCUT2D eigenvalue weighted by atomic mass is 10.0. The molecule has 18 heavy (non-hydrogen) atoms. The Labute approximate surface area is 108 Å². The molecular formula is C15H21N3. The summed E-state index contributed by atoms with van der Waals surface area (Å²) in [7, 11) is 2.21. The fraction of sp³-hybridized carbons (Fsp3) is 0.467. The molecule has 0 amide bonds. The molecule has 0 bridgehead atoms. The largest absolute Gasteiger partial charge is 0.361 e. The van der Waals surface area contributed by atoms with Gasteiger partial charge in [-0.1, -0.05) is 18.2 Å². The highest BCUT2D eigenvalue weighted by Gasteiger charge is 2.16. The third-order valence-corrected chi connectivity index (χ3v) is 3.90. The van der Waals surface area contributed by atoms with E-state index in [1.165, 1.54) is 36.0 Å². The minimum Gasteiger partial charge on any atom is -0.361 e. The van der Waals surface area contributed by atoms with Crippen LogP contribution >= 0.6 is 0 Å². The first-order valence-corrected chi connectivity index (χ1v) is 6.80. The van der Waals surface area contributed by atoms with Crippen molar-refractivity contribution >= 4 is 10.9 Å². The van der Waals surface area contributed by atoms with Crippen LogP contribution in [0.3, 0.4) is 0 Å². The number of aromatic nitrogens is 1. The summed E-state index contributed by atoms with van der Waals surface area (Å²) in [5, 5.41) is 4.98. The Morgan fingerprint density at radius 3 is 3.11 bits per heavy atom. The number of rotatable bonds is 3. The predicted octanol–water partition coefficient (Wildman–Crippen LogP) is 2.00. The second-order valence-corrected chi connectivity index (χ2v) is 5.31. The van der Waals surface area contributed by atoms with E-state index in [2.05, 4.69) is 52.7 Å². The summed E-state index contributed by atoms with van der Waals surface area (Å²) < 4.78 is 0. The van der Waals surface area contributed by atoms with E-state index in [0.717, 1.165) is 13.0 Å². The fourth-order valence-electron chi connectivity index (χ4n) is 2.85. The summed E-state index contributed by atoms with van der Waals surface area (Å²) in [5.41, 5.74) is 2.70. The maximum absolute atomic E-state index is 3.61. The number of piperazine rings is 1. The molecule has 1 saturated heterocycles. The SMILES string of the molecule is CN1CCNC(CCc2c[nH]c3ccccc23)C1. The van der Waals surface area contributed by atoms with Crippen molar-refractivity contribution in [1.82, 2.24) is 15.2 Å². The van der Waals surface area contributed by atoms with Crippen LogP contribution in [0.5, 0.6) is 0 Å². The smallest absolute Gasteiger partial charge is 0.0456 e. The van der Waals surface area contributed by atoms with Gasteiger partial charge >= 0.3 is 0 Å². The number of para-hydroxylation sites is 1. The molecule has 0 aliphatic carbocycles. The lowest BCUT2D eigenvalue weighted by molar-refractivity contribution is 0.232. The van der Waals surface area contributed by atoms with E-state index in [1.807, 2.05) is 0 Å². The van der Waals surface area contributed by atoms with Gasteiger partial charge in [0.15, 0.2) is 0 Å². The average Bonchev–Trinajstić information content (AvgIpc) is 2.80. The van der Waals surface area contributed by atoms with E-state index in [1.54, 1.807) is 0 Å². The van der Waals surface area contributed by atoms with Crippen molar-refractivity contribution < 1.29 is 0 Å². The Morgan fingerprint density at radius 1 is 1.33 bits per heavy atom. The predicted molar refractivity (Wildman–Crippen MR) is 75.9 cm³/mol. The molecule has 3 rings (SSSR count). The fourth-order valence-corrected chi connectivity index (χ4v) is 2.85. The van der Waals surface area contributed by atoms with E-state index >= 15 is 0 Å². The molecule has 1 unspecified atom stereocenters. The Bertz CT molecular complexity index is 517. The van der Waals surface area contributed by atoms with Gasteiger partial charge in [-0.25, -0.2) is 0 Å².